The van der Waals surface area contributed by atoms with Gasteiger partial charge in [0.1, 0.15) is 17.3 Å². The number of H-pyrrole nitrogens is 1. The number of aromatic amines is 1. The number of benzene rings is 1. The Labute approximate surface area is 93.8 Å². The number of hydrogen-bond acceptors (Lipinski definition) is 3. The Balaban J connectivity index is 2.87. The number of rotatable bonds is 1. The van der Waals surface area contributed by atoms with Crippen molar-refractivity contribution in [2.75, 3.05) is 7.11 Å². The second kappa shape index (κ2) is 3.97. The highest BCUT2D eigenvalue weighted by molar-refractivity contribution is 5.91. The summed E-state index contributed by atoms with van der Waals surface area (Å²) in [7, 11) is 1.12. The highest BCUT2D eigenvalue weighted by Crippen LogP contribution is 2.16. The van der Waals surface area contributed by atoms with Crippen molar-refractivity contribution in [1.82, 2.24) is 4.98 Å². The Hall–Kier alpha value is -2.24. The van der Waals surface area contributed by atoms with E-state index >= 15 is 0 Å². The van der Waals surface area contributed by atoms with E-state index in [-0.39, 0.29) is 11.2 Å². The molecule has 0 fully saturated rings. The number of carbonyl (C=O) groups excluding carboxylic acids is 1. The van der Waals surface area contributed by atoms with Gasteiger partial charge in [-0.25, -0.2) is 13.6 Å². The highest BCUT2D eigenvalue weighted by Gasteiger charge is 2.14. The van der Waals surface area contributed by atoms with Crippen LogP contribution in [0.4, 0.5) is 8.78 Å². The third kappa shape index (κ3) is 1.77. The summed E-state index contributed by atoms with van der Waals surface area (Å²) in [5, 5.41) is -0.419. The predicted octanol–water partition coefficient (Wildman–Crippen LogP) is 1.59. The van der Waals surface area contributed by atoms with Gasteiger partial charge in [-0.3, -0.25) is 4.79 Å². The Morgan fingerprint density at radius 3 is 2.59 bits per heavy atom. The van der Waals surface area contributed by atoms with Gasteiger partial charge in [0.05, 0.1) is 18.0 Å². The van der Waals surface area contributed by atoms with E-state index in [1.165, 1.54) is 0 Å². The average molecular weight is 239 g/mol. The van der Waals surface area contributed by atoms with E-state index in [2.05, 4.69) is 9.72 Å². The van der Waals surface area contributed by atoms with Gasteiger partial charge in [0.25, 0.3) is 0 Å². The number of fused-ring (bicyclic) bond motifs is 1. The van der Waals surface area contributed by atoms with Gasteiger partial charge in [0.15, 0.2) is 5.43 Å². The summed E-state index contributed by atoms with van der Waals surface area (Å²) in [6.07, 6.45) is 0. The minimum atomic E-state index is -0.848. The molecule has 17 heavy (non-hydrogen) atoms. The summed E-state index contributed by atoms with van der Waals surface area (Å²) in [6.45, 7) is 0. The van der Waals surface area contributed by atoms with Crippen molar-refractivity contribution < 1.29 is 18.3 Å². The summed E-state index contributed by atoms with van der Waals surface area (Å²) in [5.41, 5.74) is -1.36. The molecule has 0 radical (unpaired) electrons. The Kier molecular flexibility index (Phi) is 2.63. The zero-order valence-corrected chi connectivity index (χ0v) is 8.71. The molecule has 0 amide bonds. The maximum absolute atomic E-state index is 13.4. The SMILES string of the molecule is COC(=O)c1cc(=O)c2c(F)ccc(F)c2[nH]1. The van der Waals surface area contributed by atoms with Crippen LogP contribution in [0, 0.1) is 11.6 Å². The summed E-state index contributed by atoms with van der Waals surface area (Å²) in [5.74, 6) is -2.49. The maximum Gasteiger partial charge on any atom is 0.354 e. The van der Waals surface area contributed by atoms with E-state index in [1.54, 1.807) is 0 Å². The third-order valence-electron chi connectivity index (χ3n) is 2.29. The van der Waals surface area contributed by atoms with Crippen molar-refractivity contribution >= 4 is 16.9 Å². The molecule has 1 N–H and O–H groups in total. The maximum atomic E-state index is 13.4. The predicted molar refractivity (Wildman–Crippen MR) is 55.8 cm³/mol. The fourth-order valence-corrected chi connectivity index (χ4v) is 1.51. The fraction of sp³-hybridized carbons (Fsp3) is 0.0909. The lowest BCUT2D eigenvalue weighted by atomic mass is 10.1. The molecule has 1 heterocycles. The van der Waals surface area contributed by atoms with Crippen LogP contribution in [0.1, 0.15) is 10.5 Å². The zero-order chi connectivity index (χ0) is 12.6. The highest BCUT2D eigenvalue weighted by atomic mass is 19.1. The molecule has 0 aliphatic carbocycles. The van der Waals surface area contributed by atoms with E-state index in [0.717, 1.165) is 25.3 Å². The van der Waals surface area contributed by atoms with Crippen LogP contribution in [0.2, 0.25) is 0 Å². The lowest BCUT2D eigenvalue weighted by Crippen LogP contribution is -2.13. The first-order valence-corrected chi connectivity index (χ1v) is 4.64. The average Bonchev–Trinajstić information content (AvgIpc) is 2.32. The van der Waals surface area contributed by atoms with Crippen molar-refractivity contribution in [1.29, 1.82) is 0 Å². The number of esters is 1. The molecular weight excluding hydrogens is 232 g/mol. The third-order valence-corrected chi connectivity index (χ3v) is 2.29. The topological polar surface area (TPSA) is 59.2 Å². The summed E-state index contributed by atoms with van der Waals surface area (Å²) < 4.78 is 31.1. The smallest absolute Gasteiger partial charge is 0.354 e. The van der Waals surface area contributed by atoms with Gasteiger partial charge in [-0.15, -0.1) is 0 Å². The molecule has 4 nitrogen and oxygen atoms in total. The Morgan fingerprint density at radius 1 is 1.29 bits per heavy atom. The van der Waals surface area contributed by atoms with Gasteiger partial charge in [-0.2, -0.15) is 0 Å². The van der Waals surface area contributed by atoms with E-state index in [4.69, 9.17) is 0 Å². The molecule has 0 spiro atoms. The van der Waals surface area contributed by atoms with Gasteiger partial charge in [-0.1, -0.05) is 0 Å². The molecule has 0 aliphatic heterocycles. The standard InChI is InChI=1S/C11H7F2NO3/c1-17-11(16)7-4-8(15)9-5(12)2-3-6(13)10(9)14-7/h2-4H,1H3,(H,14,15). The molecule has 0 atom stereocenters. The molecule has 1 aromatic carbocycles. The molecule has 2 aromatic rings. The molecule has 0 aliphatic rings. The molecule has 88 valence electrons. The minimum Gasteiger partial charge on any atom is -0.464 e. The number of pyridine rings is 1. The first kappa shape index (κ1) is 11.3. The molecule has 0 unspecified atom stereocenters. The number of hydrogen-bond donors (Lipinski definition) is 1. The van der Waals surface area contributed by atoms with E-state index in [1.807, 2.05) is 0 Å². The Bertz CT molecular complexity index is 664. The lowest BCUT2D eigenvalue weighted by Gasteiger charge is -2.04. The van der Waals surface area contributed by atoms with Gasteiger partial charge in [0, 0.05) is 6.07 Å². The number of halogens is 2. The number of aromatic nitrogens is 1. The number of ether oxygens (including phenoxy) is 1. The first-order chi connectivity index (χ1) is 8.04. The second-order valence-corrected chi connectivity index (χ2v) is 3.32. The van der Waals surface area contributed by atoms with E-state index < -0.39 is 28.4 Å². The van der Waals surface area contributed by atoms with Crippen molar-refractivity contribution in [3.05, 3.63) is 45.8 Å². The van der Waals surface area contributed by atoms with Crippen LogP contribution in [0.3, 0.4) is 0 Å². The zero-order valence-electron chi connectivity index (χ0n) is 8.71. The van der Waals surface area contributed by atoms with Crippen LogP contribution < -0.4 is 5.43 Å². The van der Waals surface area contributed by atoms with Crippen LogP contribution >= 0.6 is 0 Å². The normalized spacial score (nSPS) is 10.5. The van der Waals surface area contributed by atoms with E-state index in [0.29, 0.717) is 0 Å². The van der Waals surface area contributed by atoms with Gasteiger partial charge < -0.3 is 9.72 Å². The van der Waals surface area contributed by atoms with Crippen LogP contribution in [0.15, 0.2) is 23.0 Å². The molecule has 0 saturated heterocycles. The summed E-state index contributed by atoms with van der Waals surface area (Å²) in [4.78, 5) is 25.1. The van der Waals surface area contributed by atoms with E-state index in [9.17, 15) is 18.4 Å². The quantitative estimate of drug-likeness (QED) is 0.769. The van der Waals surface area contributed by atoms with Crippen LogP contribution in [0.25, 0.3) is 10.9 Å². The first-order valence-electron chi connectivity index (χ1n) is 4.64. The van der Waals surface area contributed by atoms with Gasteiger partial charge in [-0.05, 0) is 12.1 Å². The molecule has 6 heteroatoms. The number of nitrogens with one attached hydrogen (secondary N) is 1. The Morgan fingerprint density at radius 2 is 1.94 bits per heavy atom. The van der Waals surface area contributed by atoms with Crippen LogP contribution in [-0.4, -0.2) is 18.1 Å². The van der Waals surface area contributed by atoms with Crippen LogP contribution in [0.5, 0.6) is 0 Å². The van der Waals surface area contributed by atoms with Crippen molar-refractivity contribution in [3.8, 4) is 0 Å². The fourth-order valence-electron chi connectivity index (χ4n) is 1.51. The molecule has 0 bridgehead atoms. The largest absolute Gasteiger partial charge is 0.464 e. The van der Waals surface area contributed by atoms with Crippen molar-refractivity contribution in [2.45, 2.75) is 0 Å². The number of methoxy groups -OCH3 is 1. The van der Waals surface area contributed by atoms with Gasteiger partial charge in [0.2, 0.25) is 0 Å². The molecule has 0 saturated carbocycles. The molecular formula is C11H7F2NO3. The van der Waals surface area contributed by atoms with Crippen LogP contribution in [-0.2, 0) is 4.74 Å². The van der Waals surface area contributed by atoms with Gasteiger partial charge >= 0.3 is 5.97 Å². The lowest BCUT2D eigenvalue weighted by molar-refractivity contribution is 0.0594. The van der Waals surface area contributed by atoms with Crippen molar-refractivity contribution in [3.63, 3.8) is 0 Å². The summed E-state index contributed by atoms with van der Waals surface area (Å²) >= 11 is 0. The molecule has 1 aromatic heterocycles. The monoisotopic (exact) mass is 239 g/mol. The second-order valence-electron chi connectivity index (χ2n) is 3.32. The minimum absolute atomic E-state index is 0.227. The molecule has 2 rings (SSSR count). The summed E-state index contributed by atoms with van der Waals surface area (Å²) in [6, 6.07) is 2.59. The number of carbonyl (C=O) groups is 1. The van der Waals surface area contributed by atoms with Crippen molar-refractivity contribution in [2.24, 2.45) is 0 Å².